The molecular formula is C26H21ClFNO4. The summed E-state index contributed by atoms with van der Waals surface area (Å²) in [5.41, 5.74) is 1.96. The van der Waals surface area contributed by atoms with E-state index in [0.29, 0.717) is 11.3 Å². The van der Waals surface area contributed by atoms with Gasteiger partial charge in [0.05, 0.1) is 29.3 Å². The summed E-state index contributed by atoms with van der Waals surface area (Å²) < 4.78 is 20.3. The number of carbonyl (C=O) groups is 2. The van der Waals surface area contributed by atoms with Crippen LogP contribution in [0.2, 0.25) is 5.02 Å². The van der Waals surface area contributed by atoms with Crippen LogP contribution in [0.5, 0.6) is 5.75 Å². The number of anilines is 1. The van der Waals surface area contributed by atoms with E-state index in [4.69, 9.17) is 16.3 Å². The van der Waals surface area contributed by atoms with Gasteiger partial charge in [-0.2, -0.15) is 0 Å². The highest BCUT2D eigenvalue weighted by atomic mass is 35.5. The summed E-state index contributed by atoms with van der Waals surface area (Å²) in [5.74, 6) is -2.75. The number of Topliss-reactive ketones (excluding diaryl/α,β-unsaturated/α-hetero) is 1. The standard InChI is InChI=1S/C26H21ClFNO4/c1-14-7-6-8-16(11-14)29-22(17-9-4-5-10-20(17)28)21(24(31)26(29)32)23(30)18-12-15(2)13-19(27)25(18)33-3/h4-13,22,30H,1-3H3/b23-21+. The monoisotopic (exact) mass is 465 g/mol. The van der Waals surface area contributed by atoms with Gasteiger partial charge in [0.15, 0.2) is 0 Å². The fourth-order valence-corrected chi connectivity index (χ4v) is 4.48. The molecule has 0 saturated carbocycles. The molecule has 3 aromatic carbocycles. The van der Waals surface area contributed by atoms with E-state index in [9.17, 15) is 19.1 Å². The van der Waals surface area contributed by atoms with E-state index in [1.54, 1.807) is 43.3 Å². The van der Waals surface area contributed by atoms with Gasteiger partial charge in [0, 0.05) is 11.3 Å². The highest BCUT2D eigenvalue weighted by Gasteiger charge is 2.48. The average Bonchev–Trinajstić information content (AvgIpc) is 3.03. The first-order chi connectivity index (χ1) is 15.7. The van der Waals surface area contributed by atoms with Crippen molar-refractivity contribution in [3.05, 3.63) is 99.3 Å². The zero-order chi connectivity index (χ0) is 23.9. The van der Waals surface area contributed by atoms with Gasteiger partial charge < -0.3 is 9.84 Å². The zero-order valence-electron chi connectivity index (χ0n) is 18.2. The Kier molecular flexibility index (Phi) is 5.95. The number of nitrogens with zero attached hydrogens (tertiary/aromatic N) is 1. The Labute approximate surface area is 195 Å². The van der Waals surface area contributed by atoms with E-state index in [1.807, 2.05) is 13.0 Å². The summed E-state index contributed by atoms with van der Waals surface area (Å²) in [7, 11) is 1.38. The minimum Gasteiger partial charge on any atom is -0.507 e. The molecule has 1 fully saturated rings. The van der Waals surface area contributed by atoms with Gasteiger partial charge >= 0.3 is 0 Å². The molecular weight excluding hydrogens is 445 g/mol. The third-order valence-corrected chi connectivity index (χ3v) is 5.85. The van der Waals surface area contributed by atoms with Crippen LogP contribution in [0.25, 0.3) is 5.76 Å². The number of halogens is 2. The molecule has 1 unspecified atom stereocenters. The predicted octanol–water partition coefficient (Wildman–Crippen LogP) is 5.73. The second kappa shape index (κ2) is 8.71. The molecule has 1 aliphatic heterocycles. The number of aryl methyl sites for hydroxylation is 2. The van der Waals surface area contributed by atoms with E-state index in [2.05, 4.69) is 0 Å². The van der Waals surface area contributed by atoms with Crippen LogP contribution in [-0.4, -0.2) is 23.9 Å². The molecule has 1 N–H and O–H groups in total. The van der Waals surface area contributed by atoms with Crippen molar-refractivity contribution in [2.75, 3.05) is 12.0 Å². The first kappa shape index (κ1) is 22.6. The molecule has 0 spiro atoms. The number of aliphatic hydroxyl groups excluding tert-OH is 1. The van der Waals surface area contributed by atoms with Gasteiger partial charge in [-0.25, -0.2) is 4.39 Å². The predicted molar refractivity (Wildman–Crippen MR) is 125 cm³/mol. The van der Waals surface area contributed by atoms with E-state index < -0.39 is 29.3 Å². The van der Waals surface area contributed by atoms with E-state index in [1.165, 1.54) is 30.2 Å². The summed E-state index contributed by atoms with van der Waals surface area (Å²) in [6, 6.07) is 14.9. The van der Waals surface area contributed by atoms with Crippen molar-refractivity contribution >= 4 is 34.7 Å². The molecule has 1 heterocycles. The average molecular weight is 466 g/mol. The Morgan fingerprint density at radius 2 is 1.76 bits per heavy atom. The van der Waals surface area contributed by atoms with Gasteiger partial charge in [0.1, 0.15) is 17.3 Å². The van der Waals surface area contributed by atoms with E-state index in [0.717, 1.165) is 5.56 Å². The fourth-order valence-electron chi connectivity index (χ4n) is 4.13. The summed E-state index contributed by atoms with van der Waals surface area (Å²) in [5, 5.41) is 11.6. The normalized spacial score (nSPS) is 17.5. The summed E-state index contributed by atoms with van der Waals surface area (Å²) in [6.45, 7) is 3.61. The summed E-state index contributed by atoms with van der Waals surface area (Å²) in [6.07, 6.45) is 0. The van der Waals surface area contributed by atoms with E-state index in [-0.39, 0.29) is 27.5 Å². The number of aliphatic hydroxyl groups is 1. The molecule has 5 nitrogen and oxygen atoms in total. The molecule has 0 radical (unpaired) electrons. The van der Waals surface area contributed by atoms with E-state index >= 15 is 0 Å². The summed E-state index contributed by atoms with van der Waals surface area (Å²) >= 11 is 6.29. The molecule has 1 saturated heterocycles. The highest BCUT2D eigenvalue weighted by Crippen LogP contribution is 2.45. The van der Waals surface area contributed by atoms with Crippen LogP contribution in [0.1, 0.15) is 28.3 Å². The van der Waals surface area contributed by atoms with Gasteiger partial charge in [0.25, 0.3) is 11.7 Å². The molecule has 33 heavy (non-hydrogen) atoms. The zero-order valence-corrected chi connectivity index (χ0v) is 19.0. The minimum atomic E-state index is -1.18. The van der Waals surface area contributed by atoms with Crippen molar-refractivity contribution < 1.29 is 23.8 Å². The van der Waals surface area contributed by atoms with Crippen LogP contribution >= 0.6 is 11.6 Å². The topological polar surface area (TPSA) is 66.8 Å². The maximum atomic E-state index is 15.0. The molecule has 0 aromatic heterocycles. The van der Waals surface area contributed by atoms with Crippen molar-refractivity contribution in [2.45, 2.75) is 19.9 Å². The quantitative estimate of drug-likeness (QED) is 0.303. The largest absolute Gasteiger partial charge is 0.507 e. The number of ketones is 1. The SMILES string of the molecule is COc1c(Cl)cc(C)cc1/C(O)=C1\C(=O)C(=O)N(c2cccc(C)c2)C1c1ccccc1F. The van der Waals surface area contributed by atoms with Crippen molar-refractivity contribution in [1.29, 1.82) is 0 Å². The molecule has 168 valence electrons. The first-order valence-corrected chi connectivity index (χ1v) is 10.6. The van der Waals surface area contributed by atoms with Crippen LogP contribution in [0, 0.1) is 19.7 Å². The van der Waals surface area contributed by atoms with Gasteiger partial charge in [-0.1, -0.05) is 41.9 Å². The number of ether oxygens (including phenoxy) is 1. The van der Waals surface area contributed by atoms with Crippen LogP contribution in [0.4, 0.5) is 10.1 Å². The molecule has 0 bridgehead atoms. The number of carbonyl (C=O) groups excluding carboxylic acids is 2. The van der Waals surface area contributed by atoms with Crippen LogP contribution in [-0.2, 0) is 9.59 Å². The number of hydrogen-bond donors (Lipinski definition) is 1. The number of hydrogen-bond acceptors (Lipinski definition) is 4. The fraction of sp³-hybridized carbons (Fsp3) is 0.154. The van der Waals surface area contributed by atoms with Gasteiger partial charge in [0.2, 0.25) is 0 Å². The number of methoxy groups -OCH3 is 1. The molecule has 7 heteroatoms. The Hall–Kier alpha value is -3.64. The molecule has 3 aromatic rings. The maximum Gasteiger partial charge on any atom is 0.300 e. The van der Waals surface area contributed by atoms with Crippen LogP contribution in [0.15, 0.2) is 66.2 Å². The minimum absolute atomic E-state index is 0.0810. The van der Waals surface area contributed by atoms with Gasteiger partial charge in [-0.15, -0.1) is 0 Å². The number of amides is 1. The Morgan fingerprint density at radius 1 is 1.03 bits per heavy atom. The van der Waals surface area contributed by atoms with Crippen LogP contribution in [0.3, 0.4) is 0 Å². The Balaban J connectivity index is 2.04. The lowest BCUT2D eigenvalue weighted by atomic mass is 9.94. The lowest BCUT2D eigenvalue weighted by Gasteiger charge is -2.26. The van der Waals surface area contributed by atoms with Crippen molar-refractivity contribution in [3.63, 3.8) is 0 Å². The van der Waals surface area contributed by atoms with Gasteiger partial charge in [-0.3, -0.25) is 14.5 Å². The number of rotatable bonds is 4. The molecule has 0 aliphatic carbocycles. The van der Waals surface area contributed by atoms with Crippen molar-refractivity contribution in [2.24, 2.45) is 0 Å². The molecule has 1 amide bonds. The van der Waals surface area contributed by atoms with Gasteiger partial charge in [-0.05, 0) is 55.3 Å². The molecule has 1 aliphatic rings. The molecule has 4 rings (SSSR count). The highest BCUT2D eigenvalue weighted by molar-refractivity contribution is 6.51. The summed E-state index contributed by atoms with van der Waals surface area (Å²) in [4.78, 5) is 27.7. The van der Waals surface area contributed by atoms with Crippen LogP contribution < -0.4 is 9.64 Å². The maximum absolute atomic E-state index is 15.0. The Bertz CT molecular complexity index is 1320. The lowest BCUT2D eigenvalue weighted by molar-refractivity contribution is -0.132. The van der Waals surface area contributed by atoms with Crippen molar-refractivity contribution in [1.82, 2.24) is 0 Å². The second-order valence-corrected chi connectivity index (χ2v) is 8.26. The smallest absolute Gasteiger partial charge is 0.300 e. The second-order valence-electron chi connectivity index (χ2n) is 7.86. The lowest BCUT2D eigenvalue weighted by Crippen LogP contribution is -2.29. The first-order valence-electron chi connectivity index (χ1n) is 10.2. The number of benzene rings is 3. The molecule has 1 atom stereocenters. The third-order valence-electron chi connectivity index (χ3n) is 5.57. The van der Waals surface area contributed by atoms with Crippen molar-refractivity contribution in [3.8, 4) is 5.75 Å². The Morgan fingerprint density at radius 3 is 2.42 bits per heavy atom. The third kappa shape index (κ3) is 3.87.